The number of aliphatic hydroxyl groups is 1. The summed E-state index contributed by atoms with van der Waals surface area (Å²) >= 11 is 0. The number of Topliss-reactive ketones (excluding diaryl/α,β-unsaturated/α-hetero) is 2. The van der Waals surface area contributed by atoms with Gasteiger partial charge >= 0.3 is 5.97 Å². The van der Waals surface area contributed by atoms with Crippen molar-refractivity contribution in [1.82, 2.24) is 0 Å². The summed E-state index contributed by atoms with van der Waals surface area (Å²) in [5, 5.41) is 18.3. The van der Waals surface area contributed by atoms with E-state index in [0.717, 1.165) is 0 Å². The van der Waals surface area contributed by atoms with Gasteiger partial charge in [-0.05, 0) is 0 Å². The number of fused-ring (bicyclic) bond motifs is 1. The molecule has 0 saturated heterocycles. The second kappa shape index (κ2) is 4.53. The van der Waals surface area contributed by atoms with E-state index in [-0.39, 0.29) is 28.2 Å². The number of aliphatic carboxylic acids is 1. The van der Waals surface area contributed by atoms with Gasteiger partial charge in [-0.1, -0.05) is 24.3 Å². The number of carboxylic acids is 1. The predicted molar refractivity (Wildman–Crippen MR) is 53.0 cm³/mol. The SMILES string of the molecule is O=C(O)C1=C(O)c2ccccc2C(=O)C1=O.[Fe]. The van der Waals surface area contributed by atoms with E-state index in [0.29, 0.717) is 0 Å². The molecule has 0 saturated carbocycles. The summed E-state index contributed by atoms with van der Waals surface area (Å²) in [5.41, 5.74) is -0.775. The molecule has 0 aromatic heterocycles. The number of carboxylic acid groups (broad SMARTS) is 1. The zero-order valence-electron chi connectivity index (χ0n) is 8.28. The second-order valence-electron chi connectivity index (χ2n) is 3.23. The molecule has 0 heterocycles. The van der Waals surface area contributed by atoms with Gasteiger partial charge in [0.1, 0.15) is 5.76 Å². The Morgan fingerprint density at radius 2 is 1.53 bits per heavy atom. The van der Waals surface area contributed by atoms with Gasteiger partial charge in [-0.25, -0.2) is 4.79 Å². The zero-order valence-corrected chi connectivity index (χ0v) is 9.39. The predicted octanol–water partition coefficient (Wildman–Crippen LogP) is 0.803. The minimum Gasteiger partial charge on any atom is -0.506 e. The first-order valence-electron chi connectivity index (χ1n) is 4.39. The van der Waals surface area contributed by atoms with Crippen LogP contribution in [0.25, 0.3) is 5.76 Å². The summed E-state index contributed by atoms with van der Waals surface area (Å²) in [7, 11) is 0. The maximum atomic E-state index is 11.5. The van der Waals surface area contributed by atoms with Crippen LogP contribution in [-0.2, 0) is 26.7 Å². The minimum absolute atomic E-state index is 0. The molecule has 0 aliphatic heterocycles. The van der Waals surface area contributed by atoms with Crippen molar-refractivity contribution in [3.63, 3.8) is 0 Å². The Bertz CT molecular complexity index is 559. The van der Waals surface area contributed by atoms with Gasteiger partial charge in [-0.2, -0.15) is 0 Å². The summed E-state index contributed by atoms with van der Waals surface area (Å²) in [6, 6.07) is 5.82. The van der Waals surface area contributed by atoms with Crippen molar-refractivity contribution in [3.8, 4) is 0 Å². The molecular weight excluding hydrogens is 268 g/mol. The Labute approximate surface area is 106 Å². The second-order valence-corrected chi connectivity index (χ2v) is 3.23. The molecule has 0 atom stereocenters. The van der Waals surface area contributed by atoms with Gasteiger partial charge in [0.05, 0.1) is 0 Å². The number of hydrogen-bond donors (Lipinski definition) is 2. The van der Waals surface area contributed by atoms with Crippen LogP contribution in [0.1, 0.15) is 15.9 Å². The van der Waals surface area contributed by atoms with Crippen LogP contribution >= 0.6 is 0 Å². The molecule has 2 rings (SSSR count). The van der Waals surface area contributed by atoms with Gasteiger partial charge < -0.3 is 10.2 Å². The number of carbonyl (C=O) groups excluding carboxylic acids is 2. The summed E-state index contributed by atoms with van der Waals surface area (Å²) in [5.74, 6) is -4.37. The van der Waals surface area contributed by atoms with Crippen molar-refractivity contribution in [2.45, 2.75) is 0 Å². The van der Waals surface area contributed by atoms with Crippen LogP contribution in [0.5, 0.6) is 0 Å². The van der Waals surface area contributed by atoms with Gasteiger partial charge in [-0.3, -0.25) is 9.59 Å². The van der Waals surface area contributed by atoms with Crippen molar-refractivity contribution in [2.75, 3.05) is 0 Å². The first-order chi connectivity index (χ1) is 7.54. The molecule has 5 nitrogen and oxygen atoms in total. The molecule has 0 spiro atoms. The van der Waals surface area contributed by atoms with E-state index in [9.17, 15) is 19.5 Å². The Morgan fingerprint density at radius 1 is 1.00 bits per heavy atom. The topological polar surface area (TPSA) is 91.7 Å². The normalized spacial score (nSPS) is 14.1. The maximum Gasteiger partial charge on any atom is 0.343 e. The number of aliphatic hydroxyl groups excluding tert-OH is 1. The Kier molecular flexibility index (Phi) is 3.50. The third-order valence-corrected chi connectivity index (χ3v) is 2.31. The van der Waals surface area contributed by atoms with Crippen LogP contribution in [0.3, 0.4) is 0 Å². The molecule has 0 fully saturated rings. The molecule has 0 amide bonds. The number of ketones is 2. The van der Waals surface area contributed by atoms with E-state index in [1.165, 1.54) is 24.3 Å². The largest absolute Gasteiger partial charge is 0.506 e. The monoisotopic (exact) mass is 274 g/mol. The molecule has 88 valence electrons. The third-order valence-electron chi connectivity index (χ3n) is 2.31. The van der Waals surface area contributed by atoms with Crippen molar-refractivity contribution in [1.29, 1.82) is 0 Å². The molecule has 17 heavy (non-hydrogen) atoms. The van der Waals surface area contributed by atoms with E-state index in [1.54, 1.807) is 0 Å². The maximum absolute atomic E-state index is 11.5. The first-order valence-corrected chi connectivity index (χ1v) is 4.39. The summed E-state index contributed by atoms with van der Waals surface area (Å²) in [6.07, 6.45) is 0. The Hall–Kier alpha value is -1.91. The van der Waals surface area contributed by atoms with Crippen LogP contribution in [-0.4, -0.2) is 27.7 Å². The van der Waals surface area contributed by atoms with Gasteiger partial charge in [0, 0.05) is 28.2 Å². The van der Waals surface area contributed by atoms with Crippen LogP contribution < -0.4 is 0 Å². The standard InChI is InChI=1S/C11H6O5.Fe/c12-8-5-3-1-2-4-6(5)9(13)10(14)7(8)11(15)16;/h1-4,12H,(H,15,16);. The number of carbonyl (C=O) groups is 3. The molecule has 1 aromatic carbocycles. The van der Waals surface area contributed by atoms with Crippen molar-refractivity contribution in [2.24, 2.45) is 0 Å². The average molecular weight is 274 g/mol. The molecule has 2 N–H and O–H groups in total. The van der Waals surface area contributed by atoms with E-state index in [2.05, 4.69) is 0 Å². The first kappa shape index (κ1) is 13.2. The van der Waals surface area contributed by atoms with E-state index >= 15 is 0 Å². The van der Waals surface area contributed by atoms with E-state index < -0.39 is 28.9 Å². The fraction of sp³-hybridized carbons (Fsp3) is 0. The van der Waals surface area contributed by atoms with Gasteiger partial charge in [0.2, 0.25) is 11.6 Å². The van der Waals surface area contributed by atoms with Crippen molar-refractivity contribution < 1.29 is 41.7 Å². The van der Waals surface area contributed by atoms with Crippen LogP contribution in [0.4, 0.5) is 0 Å². The zero-order chi connectivity index (χ0) is 11.9. The third kappa shape index (κ3) is 1.88. The van der Waals surface area contributed by atoms with Gasteiger partial charge in [-0.15, -0.1) is 0 Å². The van der Waals surface area contributed by atoms with Crippen LogP contribution in [0.15, 0.2) is 29.8 Å². The molecule has 0 bridgehead atoms. The van der Waals surface area contributed by atoms with Crippen LogP contribution in [0.2, 0.25) is 0 Å². The smallest absolute Gasteiger partial charge is 0.343 e. The fourth-order valence-electron chi connectivity index (χ4n) is 1.56. The van der Waals surface area contributed by atoms with Crippen LogP contribution in [0, 0.1) is 0 Å². The molecule has 1 aromatic rings. The molecule has 1 aliphatic rings. The van der Waals surface area contributed by atoms with E-state index in [1.807, 2.05) is 0 Å². The Balaban J connectivity index is 0.00000144. The molecular formula is C11H6FeO5. The molecule has 0 unspecified atom stereocenters. The molecule has 6 heteroatoms. The number of hydrogen-bond acceptors (Lipinski definition) is 4. The minimum atomic E-state index is -1.61. The summed E-state index contributed by atoms with van der Waals surface area (Å²) < 4.78 is 0. The van der Waals surface area contributed by atoms with Crippen molar-refractivity contribution in [3.05, 3.63) is 41.0 Å². The molecule has 0 radical (unpaired) electrons. The Morgan fingerprint density at radius 3 is 2.06 bits per heavy atom. The van der Waals surface area contributed by atoms with Crippen molar-refractivity contribution >= 4 is 23.3 Å². The van der Waals surface area contributed by atoms with Gasteiger partial charge in [0.15, 0.2) is 5.57 Å². The quantitative estimate of drug-likeness (QED) is 0.449. The summed E-state index contributed by atoms with van der Waals surface area (Å²) in [4.78, 5) is 33.7. The summed E-state index contributed by atoms with van der Waals surface area (Å²) in [6.45, 7) is 0. The average Bonchev–Trinajstić information content (AvgIpc) is 2.26. The number of benzene rings is 1. The fourth-order valence-corrected chi connectivity index (χ4v) is 1.56. The number of rotatable bonds is 1. The molecule has 1 aliphatic carbocycles. The van der Waals surface area contributed by atoms with Gasteiger partial charge in [0.25, 0.3) is 0 Å². The van der Waals surface area contributed by atoms with E-state index in [4.69, 9.17) is 5.11 Å².